The van der Waals surface area contributed by atoms with Gasteiger partial charge in [0.15, 0.2) is 0 Å². The van der Waals surface area contributed by atoms with Crippen molar-refractivity contribution in [3.05, 3.63) is 30.6 Å². The number of hydrogen-bond acceptors (Lipinski definition) is 5. The van der Waals surface area contributed by atoms with Gasteiger partial charge >= 0.3 is 0 Å². The van der Waals surface area contributed by atoms with Crippen molar-refractivity contribution in [3.63, 3.8) is 0 Å². The third kappa shape index (κ3) is 2.62. The van der Waals surface area contributed by atoms with Crippen molar-refractivity contribution in [1.82, 2.24) is 14.8 Å². The Bertz CT molecular complexity index is 712. The third-order valence-corrected chi connectivity index (χ3v) is 3.25. The molecule has 22 heavy (non-hydrogen) atoms. The standard InChI is InChI=1S/C14H15N5O3/c1-2-22-11-6-4-3-5-9(11)17-13(21)10-7-12(20)18-14-15-8-16-19(10)14/h3-6,8,10H,2,7H2,1H3,(H,17,21)(H,15,16,18,20)/t10-/m0/s1. The molecule has 0 radical (unpaired) electrons. The number of hydrogen-bond donors (Lipinski definition) is 2. The predicted molar refractivity (Wildman–Crippen MR) is 78.5 cm³/mol. The van der Waals surface area contributed by atoms with Crippen molar-refractivity contribution in [2.75, 3.05) is 17.2 Å². The molecule has 0 spiro atoms. The molecule has 1 aliphatic heterocycles. The fourth-order valence-electron chi connectivity index (χ4n) is 2.28. The zero-order valence-corrected chi connectivity index (χ0v) is 11.9. The van der Waals surface area contributed by atoms with Gasteiger partial charge in [0.25, 0.3) is 0 Å². The Labute approximate surface area is 126 Å². The van der Waals surface area contributed by atoms with Gasteiger partial charge in [-0.25, -0.2) is 4.68 Å². The minimum atomic E-state index is -0.735. The maximum Gasteiger partial charge on any atom is 0.250 e. The molecule has 114 valence electrons. The summed E-state index contributed by atoms with van der Waals surface area (Å²) in [5.41, 5.74) is 0.557. The lowest BCUT2D eigenvalue weighted by molar-refractivity contribution is -0.125. The molecular formula is C14H15N5O3. The van der Waals surface area contributed by atoms with Crippen LogP contribution in [0.1, 0.15) is 19.4 Å². The van der Waals surface area contributed by atoms with Crippen LogP contribution in [0.15, 0.2) is 30.6 Å². The number of para-hydroxylation sites is 2. The summed E-state index contributed by atoms with van der Waals surface area (Å²) in [5, 5.41) is 9.34. The molecule has 0 fully saturated rings. The van der Waals surface area contributed by atoms with E-state index in [1.54, 1.807) is 18.2 Å². The van der Waals surface area contributed by atoms with Crippen LogP contribution in [0.5, 0.6) is 5.75 Å². The fourth-order valence-corrected chi connectivity index (χ4v) is 2.28. The largest absolute Gasteiger partial charge is 0.492 e. The van der Waals surface area contributed by atoms with Crippen LogP contribution < -0.4 is 15.4 Å². The van der Waals surface area contributed by atoms with Crippen LogP contribution in [0.3, 0.4) is 0 Å². The number of amides is 2. The Kier molecular flexibility index (Phi) is 3.73. The van der Waals surface area contributed by atoms with E-state index in [9.17, 15) is 9.59 Å². The van der Waals surface area contributed by atoms with E-state index in [0.717, 1.165) is 0 Å². The number of carbonyl (C=O) groups is 2. The highest BCUT2D eigenvalue weighted by atomic mass is 16.5. The number of nitrogens with one attached hydrogen (secondary N) is 2. The van der Waals surface area contributed by atoms with Crippen molar-refractivity contribution in [2.24, 2.45) is 0 Å². The van der Waals surface area contributed by atoms with E-state index in [1.807, 2.05) is 13.0 Å². The van der Waals surface area contributed by atoms with Crippen LogP contribution in [0, 0.1) is 0 Å². The molecule has 1 aromatic carbocycles. The zero-order chi connectivity index (χ0) is 15.5. The minimum absolute atomic E-state index is 0.0129. The van der Waals surface area contributed by atoms with E-state index in [0.29, 0.717) is 18.0 Å². The van der Waals surface area contributed by atoms with Crippen molar-refractivity contribution in [1.29, 1.82) is 0 Å². The van der Waals surface area contributed by atoms with Crippen molar-refractivity contribution in [2.45, 2.75) is 19.4 Å². The minimum Gasteiger partial charge on any atom is -0.492 e. The maximum atomic E-state index is 12.5. The van der Waals surface area contributed by atoms with Gasteiger partial charge < -0.3 is 10.1 Å². The first-order valence-electron chi connectivity index (χ1n) is 6.91. The summed E-state index contributed by atoms with van der Waals surface area (Å²) < 4.78 is 6.87. The van der Waals surface area contributed by atoms with Crippen LogP contribution >= 0.6 is 0 Å². The third-order valence-electron chi connectivity index (χ3n) is 3.25. The number of aromatic nitrogens is 3. The SMILES string of the molecule is CCOc1ccccc1NC(=O)[C@@H]1CC(=O)Nc2ncnn21. The average Bonchev–Trinajstić information content (AvgIpc) is 2.96. The molecule has 2 aromatic rings. The smallest absolute Gasteiger partial charge is 0.250 e. The molecule has 2 N–H and O–H groups in total. The van der Waals surface area contributed by atoms with Crippen LogP contribution in [0.2, 0.25) is 0 Å². The van der Waals surface area contributed by atoms with E-state index in [1.165, 1.54) is 11.0 Å². The lowest BCUT2D eigenvalue weighted by Crippen LogP contribution is -2.36. The molecule has 0 saturated heterocycles. The summed E-state index contributed by atoms with van der Waals surface area (Å²) in [6.07, 6.45) is 1.31. The van der Waals surface area contributed by atoms with Gasteiger partial charge in [0, 0.05) is 0 Å². The number of ether oxygens (including phenoxy) is 1. The second-order valence-corrected chi connectivity index (χ2v) is 4.71. The monoisotopic (exact) mass is 301 g/mol. The molecule has 1 atom stereocenters. The van der Waals surface area contributed by atoms with Crippen molar-refractivity contribution >= 4 is 23.5 Å². The Morgan fingerprint density at radius 3 is 3.14 bits per heavy atom. The molecule has 1 aromatic heterocycles. The number of anilines is 2. The topological polar surface area (TPSA) is 98.1 Å². The molecule has 0 saturated carbocycles. The first-order chi connectivity index (χ1) is 10.7. The van der Waals surface area contributed by atoms with Gasteiger partial charge in [0.2, 0.25) is 17.8 Å². The van der Waals surface area contributed by atoms with Crippen LogP contribution in [0.4, 0.5) is 11.6 Å². The average molecular weight is 301 g/mol. The summed E-state index contributed by atoms with van der Waals surface area (Å²) in [5.74, 6) is 0.249. The highest BCUT2D eigenvalue weighted by Gasteiger charge is 2.32. The van der Waals surface area contributed by atoms with Gasteiger partial charge in [-0.3, -0.25) is 14.9 Å². The number of fused-ring (bicyclic) bond motifs is 1. The highest BCUT2D eigenvalue weighted by Crippen LogP contribution is 2.27. The van der Waals surface area contributed by atoms with Gasteiger partial charge in [0.05, 0.1) is 18.7 Å². The Morgan fingerprint density at radius 2 is 2.32 bits per heavy atom. The van der Waals surface area contributed by atoms with Crippen LogP contribution in [-0.4, -0.2) is 33.2 Å². The van der Waals surface area contributed by atoms with Crippen molar-refractivity contribution < 1.29 is 14.3 Å². The molecule has 8 nitrogen and oxygen atoms in total. The lowest BCUT2D eigenvalue weighted by Gasteiger charge is -2.23. The molecule has 2 heterocycles. The Hall–Kier alpha value is -2.90. The van der Waals surface area contributed by atoms with Gasteiger partial charge in [-0.2, -0.15) is 10.1 Å². The van der Waals surface area contributed by atoms with Gasteiger partial charge in [-0.1, -0.05) is 12.1 Å². The van der Waals surface area contributed by atoms with E-state index < -0.39 is 6.04 Å². The number of nitrogens with zero attached hydrogens (tertiary/aromatic N) is 3. The summed E-state index contributed by atoms with van der Waals surface area (Å²) in [6, 6.07) is 6.40. The van der Waals surface area contributed by atoms with E-state index >= 15 is 0 Å². The molecule has 8 heteroatoms. The summed E-state index contributed by atoms with van der Waals surface area (Å²) >= 11 is 0. The van der Waals surface area contributed by atoms with Crippen LogP contribution in [0.25, 0.3) is 0 Å². The highest BCUT2D eigenvalue weighted by molar-refractivity contribution is 6.01. The first-order valence-corrected chi connectivity index (χ1v) is 6.91. The molecule has 3 rings (SSSR count). The second kappa shape index (κ2) is 5.84. The summed E-state index contributed by atoms with van der Waals surface area (Å²) in [4.78, 5) is 28.1. The predicted octanol–water partition coefficient (Wildman–Crippen LogP) is 1.20. The lowest BCUT2D eigenvalue weighted by atomic mass is 10.1. The maximum absolute atomic E-state index is 12.5. The van der Waals surface area contributed by atoms with E-state index in [-0.39, 0.29) is 24.2 Å². The summed E-state index contributed by atoms with van der Waals surface area (Å²) in [6.45, 7) is 2.36. The Morgan fingerprint density at radius 1 is 1.50 bits per heavy atom. The molecule has 0 aliphatic carbocycles. The number of carbonyl (C=O) groups excluding carboxylic acids is 2. The number of benzene rings is 1. The summed E-state index contributed by atoms with van der Waals surface area (Å²) in [7, 11) is 0. The number of rotatable bonds is 4. The van der Waals surface area contributed by atoms with Crippen molar-refractivity contribution in [3.8, 4) is 5.75 Å². The van der Waals surface area contributed by atoms with Gasteiger partial charge in [0.1, 0.15) is 18.1 Å². The molecule has 0 unspecified atom stereocenters. The first kappa shape index (κ1) is 14.1. The zero-order valence-electron chi connectivity index (χ0n) is 11.9. The molecule has 0 bridgehead atoms. The second-order valence-electron chi connectivity index (χ2n) is 4.71. The molecule has 2 amide bonds. The van der Waals surface area contributed by atoms with E-state index in [4.69, 9.17) is 4.74 Å². The quantitative estimate of drug-likeness (QED) is 0.884. The fraction of sp³-hybridized carbons (Fsp3) is 0.286. The normalized spacial score (nSPS) is 16.6. The van der Waals surface area contributed by atoms with Gasteiger partial charge in [-0.15, -0.1) is 0 Å². The Balaban J connectivity index is 1.83. The van der Waals surface area contributed by atoms with E-state index in [2.05, 4.69) is 20.7 Å². The van der Waals surface area contributed by atoms with Gasteiger partial charge in [-0.05, 0) is 19.1 Å². The van der Waals surface area contributed by atoms with Crippen LogP contribution in [-0.2, 0) is 9.59 Å². The molecular weight excluding hydrogens is 286 g/mol. The molecule has 1 aliphatic rings.